The zero-order valence-electron chi connectivity index (χ0n) is 19.5. The molecule has 174 valence electrons. The summed E-state index contributed by atoms with van der Waals surface area (Å²) in [7, 11) is 4.01. The highest BCUT2D eigenvalue weighted by Gasteiger charge is 2.41. The fourth-order valence-electron chi connectivity index (χ4n) is 4.84. The van der Waals surface area contributed by atoms with Crippen molar-refractivity contribution in [1.82, 2.24) is 20.1 Å². The lowest BCUT2D eigenvalue weighted by atomic mass is 10.0. The van der Waals surface area contributed by atoms with E-state index in [1.165, 1.54) is 5.69 Å². The van der Waals surface area contributed by atoms with Crippen LogP contribution in [0, 0.1) is 23.7 Å². The molecule has 2 fully saturated rings. The number of hydrogen-bond acceptors (Lipinski definition) is 8. The summed E-state index contributed by atoms with van der Waals surface area (Å²) in [6, 6.07) is 13.3. The minimum Gasteiger partial charge on any atom is -0.507 e. The molecule has 34 heavy (non-hydrogen) atoms. The lowest BCUT2D eigenvalue weighted by Gasteiger charge is -2.25. The summed E-state index contributed by atoms with van der Waals surface area (Å²) >= 11 is 0. The Morgan fingerprint density at radius 3 is 2.50 bits per heavy atom. The number of para-hydroxylation sites is 1. The van der Waals surface area contributed by atoms with E-state index in [0.29, 0.717) is 35.5 Å². The number of phenols is 1. The van der Waals surface area contributed by atoms with Gasteiger partial charge in [0.05, 0.1) is 17.9 Å². The lowest BCUT2D eigenvalue weighted by molar-refractivity contribution is 0.464. The molecule has 2 saturated heterocycles. The average Bonchev–Trinajstić information content (AvgIpc) is 3.39. The Morgan fingerprint density at radius 2 is 1.76 bits per heavy atom. The van der Waals surface area contributed by atoms with Gasteiger partial charge in [-0.1, -0.05) is 18.1 Å². The van der Waals surface area contributed by atoms with E-state index in [0.717, 1.165) is 37.6 Å². The zero-order chi connectivity index (χ0) is 23.7. The Balaban J connectivity index is 1.29. The van der Waals surface area contributed by atoms with Gasteiger partial charge in [-0.2, -0.15) is 0 Å². The first-order valence-corrected chi connectivity index (χ1v) is 11.5. The smallest absolute Gasteiger partial charge is 0.169 e. The van der Waals surface area contributed by atoms with E-state index in [4.69, 9.17) is 5.73 Å². The first-order valence-electron chi connectivity index (χ1n) is 11.5. The molecular weight excluding hydrogens is 426 g/mol. The molecule has 3 N–H and O–H groups in total. The predicted octanol–water partition coefficient (Wildman–Crippen LogP) is 2.31. The van der Waals surface area contributed by atoms with Gasteiger partial charge in [-0.25, -0.2) is 4.98 Å². The van der Waals surface area contributed by atoms with Gasteiger partial charge < -0.3 is 20.6 Å². The zero-order valence-corrected chi connectivity index (χ0v) is 19.5. The van der Waals surface area contributed by atoms with Crippen LogP contribution in [-0.4, -0.2) is 72.0 Å². The average molecular weight is 456 g/mol. The molecule has 0 spiro atoms. The number of phenolic OH excluding ortho intramolecular Hbond substituents is 1. The van der Waals surface area contributed by atoms with Crippen LogP contribution in [0.25, 0.3) is 11.3 Å². The van der Waals surface area contributed by atoms with E-state index in [-0.39, 0.29) is 5.75 Å². The number of pyridine rings is 1. The minimum atomic E-state index is 0.185. The summed E-state index contributed by atoms with van der Waals surface area (Å²) in [6.07, 6.45) is 1.85. The number of anilines is 3. The number of benzene rings is 1. The Morgan fingerprint density at radius 1 is 1.03 bits per heavy atom. The van der Waals surface area contributed by atoms with Crippen LogP contribution in [0.5, 0.6) is 5.75 Å². The van der Waals surface area contributed by atoms with E-state index in [1.807, 2.05) is 43.4 Å². The molecule has 3 aromatic rings. The van der Waals surface area contributed by atoms with E-state index in [2.05, 4.69) is 49.0 Å². The van der Waals surface area contributed by atoms with Crippen molar-refractivity contribution < 1.29 is 5.11 Å². The third-order valence-corrected chi connectivity index (χ3v) is 6.53. The number of nitrogens with two attached hydrogens (primary N) is 1. The minimum absolute atomic E-state index is 0.185. The highest BCUT2D eigenvalue weighted by molar-refractivity contribution is 5.74. The summed E-state index contributed by atoms with van der Waals surface area (Å²) < 4.78 is 0. The highest BCUT2D eigenvalue weighted by atomic mass is 16.3. The van der Waals surface area contributed by atoms with Gasteiger partial charge in [0.25, 0.3) is 0 Å². The third kappa shape index (κ3) is 4.47. The molecule has 2 aliphatic heterocycles. The Hall–Kier alpha value is -3.83. The SMILES string of the molecule is CN(C)CC#Cc1cc(N2C[C@@H]3CN(c4cc(-c5ccccc5O)nnc4N)C[C@@H]3C2)ccn1. The summed E-state index contributed by atoms with van der Waals surface area (Å²) in [6.45, 7) is 4.52. The second-order valence-electron chi connectivity index (χ2n) is 9.29. The number of nitrogens with zero attached hydrogens (tertiary/aromatic N) is 6. The van der Waals surface area contributed by atoms with Crippen LogP contribution in [0.4, 0.5) is 17.2 Å². The first kappa shape index (κ1) is 22.0. The molecule has 0 radical (unpaired) electrons. The molecule has 0 unspecified atom stereocenters. The second kappa shape index (κ2) is 9.20. The molecule has 2 aromatic heterocycles. The van der Waals surface area contributed by atoms with Crippen molar-refractivity contribution in [2.75, 3.05) is 62.4 Å². The summed E-state index contributed by atoms with van der Waals surface area (Å²) in [5, 5.41) is 18.6. The molecule has 1 aromatic carbocycles. The molecule has 0 bridgehead atoms. The Kier molecular flexibility index (Phi) is 5.95. The van der Waals surface area contributed by atoms with Gasteiger partial charge in [-0.3, -0.25) is 4.90 Å². The highest BCUT2D eigenvalue weighted by Crippen LogP contribution is 2.39. The number of fused-ring (bicyclic) bond motifs is 1. The van der Waals surface area contributed by atoms with Crippen molar-refractivity contribution in [3.8, 4) is 28.8 Å². The van der Waals surface area contributed by atoms with Crippen molar-refractivity contribution in [2.24, 2.45) is 11.8 Å². The number of nitrogen functional groups attached to an aromatic ring is 1. The van der Waals surface area contributed by atoms with Crippen molar-refractivity contribution in [2.45, 2.75) is 0 Å². The van der Waals surface area contributed by atoms with Crippen molar-refractivity contribution >= 4 is 17.2 Å². The van der Waals surface area contributed by atoms with Gasteiger partial charge in [0, 0.05) is 55.5 Å². The second-order valence-corrected chi connectivity index (χ2v) is 9.29. The van der Waals surface area contributed by atoms with Crippen molar-refractivity contribution in [1.29, 1.82) is 0 Å². The number of aromatic hydroxyl groups is 1. The molecule has 5 rings (SSSR count). The monoisotopic (exact) mass is 455 g/mol. The fourth-order valence-corrected chi connectivity index (χ4v) is 4.84. The van der Waals surface area contributed by atoms with Crippen LogP contribution in [0.2, 0.25) is 0 Å². The number of hydrogen-bond donors (Lipinski definition) is 2. The van der Waals surface area contributed by atoms with Crippen LogP contribution in [-0.2, 0) is 0 Å². The Labute approximate surface area is 200 Å². The molecule has 0 amide bonds. The maximum Gasteiger partial charge on any atom is 0.169 e. The van der Waals surface area contributed by atoms with E-state index in [9.17, 15) is 5.11 Å². The first-order chi connectivity index (χ1) is 16.5. The largest absolute Gasteiger partial charge is 0.507 e. The van der Waals surface area contributed by atoms with Gasteiger partial charge >= 0.3 is 0 Å². The van der Waals surface area contributed by atoms with Gasteiger partial charge in [0.1, 0.15) is 11.4 Å². The molecular formula is C26H29N7O. The quantitative estimate of drug-likeness (QED) is 0.579. The number of aromatic nitrogens is 3. The maximum absolute atomic E-state index is 10.2. The van der Waals surface area contributed by atoms with Gasteiger partial charge in [-0.15, -0.1) is 10.2 Å². The van der Waals surface area contributed by atoms with Crippen LogP contribution in [0.1, 0.15) is 5.69 Å². The molecule has 0 aliphatic carbocycles. The van der Waals surface area contributed by atoms with Crippen LogP contribution >= 0.6 is 0 Å². The van der Waals surface area contributed by atoms with E-state index < -0.39 is 0 Å². The Bertz CT molecular complexity index is 1240. The predicted molar refractivity (Wildman–Crippen MR) is 135 cm³/mol. The normalized spacial score (nSPS) is 19.3. The molecule has 4 heterocycles. The number of rotatable bonds is 4. The van der Waals surface area contributed by atoms with Crippen molar-refractivity contribution in [3.05, 3.63) is 54.4 Å². The van der Waals surface area contributed by atoms with Gasteiger partial charge in [-0.05, 0) is 50.3 Å². The van der Waals surface area contributed by atoms with Crippen LogP contribution in [0.15, 0.2) is 48.7 Å². The van der Waals surface area contributed by atoms with Crippen LogP contribution < -0.4 is 15.5 Å². The van der Waals surface area contributed by atoms with Crippen LogP contribution in [0.3, 0.4) is 0 Å². The molecule has 2 aliphatic rings. The third-order valence-electron chi connectivity index (χ3n) is 6.53. The molecule has 2 atom stereocenters. The summed E-state index contributed by atoms with van der Waals surface area (Å²) in [4.78, 5) is 11.2. The van der Waals surface area contributed by atoms with Gasteiger partial charge in [0.15, 0.2) is 5.82 Å². The van der Waals surface area contributed by atoms with Gasteiger partial charge in [0.2, 0.25) is 0 Å². The molecule has 0 saturated carbocycles. The maximum atomic E-state index is 10.2. The van der Waals surface area contributed by atoms with E-state index >= 15 is 0 Å². The standard InChI is InChI=1S/C26H29N7O/c1-31(2)11-5-6-20-12-21(9-10-28-20)32-14-18-16-33(17-19(18)15-32)24-13-23(29-30-26(24)27)22-7-3-4-8-25(22)34/h3-4,7-10,12-13,18-19,34H,11,14-17H2,1-2H3,(H2,27,30)/t18-,19+. The molecule has 8 heteroatoms. The lowest BCUT2D eigenvalue weighted by Crippen LogP contribution is -2.29. The topological polar surface area (TPSA) is 94.6 Å². The summed E-state index contributed by atoms with van der Waals surface area (Å²) in [5.74, 6) is 8.01. The van der Waals surface area contributed by atoms with E-state index in [1.54, 1.807) is 12.1 Å². The fraction of sp³-hybridized carbons (Fsp3) is 0.346. The summed E-state index contributed by atoms with van der Waals surface area (Å²) in [5.41, 5.74) is 10.4. The van der Waals surface area contributed by atoms with Crippen molar-refractivity contribution in [3.63, 3.8) is 0 Å². The molecule has 8 nitrogen and oxygen atoms in total.